The number of rotatable bonds is 16. The Morgan fingerprint density at radius 3 is 1.19 bits per heavy atom. The molecule has 0 aromatic heterocycles. The second-order valence-corrected chi connectivity index (χ2v) is 19.5. The Labute approximate surface area is 443 Å². The average Bonchev–Trinajstić information content (AvgIpc) is 3.36. The van der Waals surface area contributed by atoms with Gasteiger partial charge in [0.15, 0.2) is 34.8 Å². The maximum absolute atomic E-state index is 14.7. The third-order valence-corrected chi connectivity index (χ3v) is 14.5. The molecular weight excluding hydrogens is 1080 g/mol. The SMILES string of the molecule is COCCOC(=O)N1CCN(S(=O)(=O)c2cc(F)c(Oc3ccc(Cl)cc3)c(F)c2)C(C(=O)NO)C1.COCCOC(=O)N1CCN(S(=O)(=O)c2cc(F)c(Oc3ccc(Cl)cc3)c(F)c2)C(C(=O)NO)C1.[H-].[H-].[Mg+2]. The second-order valence-electron chi connectivity index (χ2n) is 14.9. The van der Waals surface area contributed by atoms with E-state index in [9.17, 15) is 53.6 Å². The quantitative estimate of drug-likeness (QED) is 0.0393. The van der Waals surface area contributed by atoms with Gasteiger partial charge in [0.05, 0.1) is 23.0 Å². The summed E-state index contributed by atoms with van der Waals surface area (Å²) in [6.07, 6.45) is -1.67. The first-order valence-electron chi connectivity index (χ1n) is 20.7. The molecule has 2 unspecified atom stereocenters. The van der Waals surface area contributed by atoms with Crippen LogP contribution in [0.2, 0.25) is 10.0 Å². The van der Waals surface area contributed by atoms with Crippen LogP contribution >= 0.6 is 23.2 Å². The van der Waals surface area contributed by atoms with E-state index in [0.717, 1.165) is 9.80 Å². The van der Waals surface area contributed by atoms with Gasteiger partial charge in [-0.25, -0.2) is 54.9 Å². The van der Waals surface area contributed by atoms with Crippen LogP contribution in [-0.4, -0.2) is 185 Å². The Kier molecular flexibility index (Phi) is 22.5. The average molecular weight is 1130 g/mol. The third kappa shape index (κ3) is 15.4. The summed E-state index contributed by atoms with van der Waals surface area (Å²) in [6.45, 7) is -2.11. The first-order chi connectivity index (χ1) is 34.2. The van der Waals surface area contributed by atoms with Crippen molar-refractivity contribution >= 4 is 90.3 Å². The van der Waals surface area contributed by atoms with Crippen LogP contribution in [0.5, 0.6) is 23.0 Å². The zero-order chi connectivity index (χ0) is 52.9. The van der Waals surface area contributed by atoms with Gasteiger partial charge in [-0.3, -0.25) is 20.0 Å². The topological polar surface area (TPSA) is 269 Å². The monoisotopic (exact) mass is 1120 g/mol. The number of nitrogens with one attached hydrogen (secondary N) is 2. The minimum absolute atomic E-state index is 0. The van der Waals surface area contributed by atoms with E-state index < -0.39 is 127 Å². The molecule has 396 valence electrons. The van der Waals surface area contributed by atoms with Crippen molar-refractivity contribution in [3.63, 3.8) is 0 Å². The molecule has 73 heavy (non-hydrogen) atoms. The zero-order valence-corrected chi connectivity index (χ0v) is 42.9. The minimum atomic E-state index is -4.67. The molecule has 0 bridgehead atoms. The van der Waals surface area contributed by atoms with Crippen molar-refractivity contribution < 1.29 is 95.3 Å². The summed E-state index contributed by atoms with van der Waals surface area (Å²) in [5.41, 5.74) is 2.68. The summed E-state index contributed by atoms with van der Waals surface area (Å²) in [5.74, 6) is -9.14. The summed E-state index contributed by atoms with van der Waals surface area (Å²) in [7, 11) is -6.53. The van der Waals surface area contributed by atoms with E-state index in [0.29, 0.717) is 42.9 Å². The number of piperazine rings is 2. The molecule has 4 N–H and O–H groups in total. The number of carbonyl (C=O) groups excluding carboxylic acids is 4. The number of amides is 4. The Morgan fingerprint density at radius 1 is 0.589 bits per heavy atom. The van der Waals surface area contributed by atoms with E-state index in [1.807, 2.05) is 0 Å². The molecule has 4 amide bonds. The van der Waals surface area contributed by atoms with Crippen LogP contribution in [0.25, 0.3) is 0 Å². The normalized spacial score (nSPS) is 16.2. The molecule has 2 aliphatic heterocycles. The fourth-order valence-corrected chi connectivity index (χ4v) is 10.1. The van der Waals surface area contributed by atoms with E-state index in [4.69, 9.17) is 62.0 Å². The van der Waals surface area contributed by atoms with Crippen LogP contribution in [0, 0.1) is 23.3 Å². The Morgan fingerprint density at radius 2 is 0.904 bits per heavy atom. The smallest absolute Gasteiger partial charge is 1.00 e. The third-order valence-electron chi connectivity index (χ3n) is 10.3. The van der Waals surface area contributed by atoms with Crippen molar-refractivity contribution in [2.24, 2.45) is 0 Å². The molecule has 0 spiro atoms. The van der Waals surface area contributed by atoms with E-state index in [-0.39, 0.29) is 76.9 Å². The molecule has 22 nitrogen and oxygen atoms in total. The van der Waals surface area contributed by atoms with Crippen molar-refractivity contribution in [3.05, 3.63) is 106 Å². The largest absolute Gasteiger partial charge is 2.00 e. The number of hydrogen-bond acceptors (Lipinski definition) is 16. The number of hydrogen-bond donors (Lipinski definition) is 4. The van der Waals surface area contributed by atoms with Gasteiger partial charge in [0.2, 0.25) is 20.0 Å². The van der Waals surface area contributed by atoms with Crippen molar-refractivity contribution in [1.29, 1.82) is 0 Å². The Bertz CT molecular complexity index is 2600. The van der Waals surface area contributed by atoms with Gasteiger partial charge >= 0.3 is 35.2 Å². The number of benzene rings is 4. The number of carbonyl (C=O) groups is 4. The van der Waals surface area contributed by atoms with Crippen molar-refractivity contribution in [3.8, 4) is 23.0 Å². The van der Waals surface area contributed by atoms with Crippen molar-refractivity contribution in [1.82, 2.24) is 29.4 Å². The molecule has 2 heterocycles. The molecule has 31 heteroatoms. The Hall–Kier alpha value is -5.31. The maximum Gasteiger partial charge on any atom is 2.00 e. The van der Waals surface area contributed by atoms with Crippen LogP contribution in [0.15, 0.2) is 82.6 Å². The van der Waals surface area contributed by atoms with Crippen LogP contribution in [0.3, 0.4) is 0 Å². The molecule has 6 rings (SSSR count). The minimum Gasteiger partial charge on any atom is -1.00 e. The first-order valence-corrected chi connectivity index (χ1v) is 24.4. The number of nitrogens with zero attached hydrogens (tertiary/aromatic N) is 4. The molecular formula is C42H46Cl2F4MgN6O16S2. The van der Waals surface area contributed by atoms with Gasteiger partial charge in [0.1, 0.15) is 36.8 Å². The number of hydroxylamine groups is 2. The van der Waals surface area contributed by atoms with Crippen LogP contribution < -0.4 is 20.4 Å². The molecule has 2 saturated heterocycles. The van der Waals surface area contributed by atoms with Gasteiger partial charge in [-0.2, -0.15) is 8.61 Å². The molecule has 0 saturated carbocycles. The van der Waals surface area contributed by atoms with Gasteiger partial charge in [-0.05, 0) is 72.8 Å². The second kappa shape index (κ2) is 27.3. The van der Waals surface area contributed by atoms with E-state index in [1.165, 1.54) is 73.7 Å². The molecule has 0 aliphatic carbocycles. The predicted molar refractivity (Wildman–Crippen MR) is 249 cm³/mol. The molecule has 2 aliphatic rings. The zero-order valence-electron chi connectivity index (χ0n) is 40.3. The first kappa shape index (κ1) is 60.2. The summed E-state index contributed by atoms with van der Waals surface area (Å²) in [4.78, 5) is 49.5. The van der Waals surface area contributed by atoms with E-state index >= 15 is 0 Å². The summed E-state index contributed by atoms with van der Waals surface area (Å²) in [5, 5.41) is 18.9. The summed E-state index contributed by atoms with van der Waals surface area (Å²) in [6, 6.07) is 10.2. The van der Waals surface area contributed by atoms with Gasteiger partial charge in [0.25, 0.3) is 11.8 Å². The summed E-state index contributed by atoms with van der Waals surface area (Å²) < 4.78 is 143. The van der Waals surface area contributed by atoms with Gasteiger partial charge in [-0.15, -0.1) is 0 Å². The molecule has 0 radical (unpaired) electrons. The van der Waals surface area contributed by atoms with Gasteiger partial charge in [0, 0.05) is 63.5 Å². The van der Waals surface area contributed by atoms with Crippen LogP contribution in [-0.2, 0) is 48.6 Å². The number of ether oxygens (including phenoxy) is 6. The van der Waals surface area contributed by atoms with Crippen LogP contribution in [0.1, 0.15) is 2.85 Å². The standard InChI is InChI=1S/2C21H22ClF2N3O8S.Mg.2H/c2*1-33-8-9-34-21(29)26-6-7-27(18(12-26)20(28)25-30)36(31,32)15-10-16(23)19(17(24)11-15)35-14-4-2-13(22)3-5-14;;;/h2*2-5,10-11,18,30H,6-9,12H2,1H3,(H,25,28);;;/q;;+2;2*-1. The number of methoxy groups -OCH3 is 2. The van der Waals surface area contributed by atoms with Gasteiger partial charge in [-0.1, -0.05) is 23.2 Å². The van der Waals surface area contributed by atoms with Crippen LogP contribution in [0.4, 0.5) is 27.2 Å². The molecule has 2 fully saturated rings. The van der Waals surface area contributed by atoms with Gasteiger partial charge < -0.3 is 41.1 Å². The fraction of sp³-hybridized carbons (Fsp3) is 0.333. The van der Waals surface area contributed by atoms with E-state index in [1.54, 1.807) is 0 Å². The van der Waals surface area contributed by atoms with Crippen molar-refractivity contribution in [2.45, 2.75) is 21.9 Å². The maximum atomic E-state index is 14.7. The number of halogens is 6. The van der Waals surface area contributed by atoms with Crippen molar-refractivity contribution in [2.75, 3.05) is 79.9 Å². The number of sulfonamides is 2. The Balaban J connectivity index is 0.000000494. The molecule has 4 aromatic rings. The summed E-state index contributed by atoms with van der Waals surface area (Å²) >= 11 is 11.5. The molecule has 2 atom stereocenters. The predicted octanol–water partition coefficient (Wildman–Crippen LogP) is 4.59. The van der Waals surface area contributed by atoms with E-state index in [2.05, 4.69) is 0 Å². The fourth-order valence-electron chi connectivity index (χ4n) is 6.70. The molecule has 4 aromatic carbocycles.